The second kappa shape index (κ2) is 13.1. The van der Waals surface area contributed by atoms with Crippen molar-refractivity contribution in [2.75, 3.05) is 40.3 Å². The first-order valence-electron chi connectivity index (χ1n) is 12.2. The Labute approximate surface area is 221 Å². The number of piperidine rings is 2. The van der Waals surface area contributed by atoms with Gasteiger partial charge in [-0.1, -0.05) is 42.5 Å². The van der Waals surface area contributed by atoms with Gasteiger partial charge in [-0.05, 0) is 61.4 Å². The van der Waals surface area contributed by atoms with Gasteiger partial charge in [0.2, 0.25) is 0 Å². The number of carbonyl (C=O) groups excluding carboxylic acids is 1. The average molecular weight is 576 g/mol. The van der Waals surface area contributed by atoms with Crippen LogP contribution in [-0.4, -0.2) is 68.0 Å². The van der Waals surface area contributed by atoms with E-state index in [0.717, 1.165) is 44.1 Å². The Morgan fingerprint density at radius 1 is 1.06 bits per heavy atom. The Kier molecular flexibility index (Phi) is 10.2. The van der Waals surface area contributed by atoms with E-state index < -0.39 is 0 Å². The summed E-state index contributed by atoms with van der Waals surface area (Å²) in [6, 6.07) is 19.4. The van der Waals surface area contributed by atoms with Crippen molar-refractivity contribution < 1.29 is 4.79 Å². The van der Waals surface area contributed by atoms with Crippen molar-refractivity contribution in [1.82, 2.24) is 20.4 Å². The molecule has 184 valence electrons. The molecular weight excluding hydrogens is 537 g/mol. The number of benzene rings is 2. The van der Waals surface area contributed by atoms with Gasteiger partial charge in [-0.2, -0.15) is 0 Å². The van der Waals surface area contributed by atoms with Crippen molar-refractivity contribution in [1.29, 1.82) is 0 Å². The van der Waals surface area contributed by atoms with Gasteiger partial charge in [-0.15, -0.1) is 24.0 Å². The fraction of sp³-hybridized carbons (Fsp3) is 0.481. The van der Waals surface area contributed by atoms with E-state index in [1.807, 2.05) is 25.2 Å². The molecule has 2 heterocycles. The van der Waals surface area contributed by atoms with Crippen molar-refractivity contribution in [2.45, 2.75) is 38.3 Å². The number of aliphatic imine (C=N–C) groups is 1. The van der Waals surface area contributed by atoms with Crippen LogP contribution in [-0.2, 0) is 13.0 Å². The second-order valence-corrected chi connectivity index (χ2v) is 9.16. The minimum Gasteiger partial charge on any atom is -0.356 e. The van der Waals surface area contributed by atoms with Gasteiger partial charge in [-0.3, -0.25) is 14.7 Å². The molecule has 2 unspecified atom stereocenters. The highest BCUT2D eigenvalue weighted by atomic mass is 127. The summed E-state index contributed by atoms with van der Waals surface area (Å²) in [5, 5.41) is 6.25. The Balaban J connectivity index is 0.00000324. The van der Waals surface area contributed by atoms with Crippen molar-refractivity contribution in [3.05, 3.63) is 71.3 Å². The maximum absolute atomic E-state index is 11.9. The predicted molar refractivity (Wildman–Crippen MR) is 150 cm³/mol. The summed E-state index contributed by atoms with van der Waals surface area (Å²) in [5.41, 5.74) is 3.28. The zero-order valence-corrected chi connectivity index (χ0v) is 22.7. The van der Waals surface area contributed by atoms with Gasteiger partial charge in [-0.25, -0.2) is 0 Å². The number of fused-ring (bicyclic) bond motifs is 1. The van der Waals surface area contributed by atoms with Gasteiger partial charge in [0.1, 0.15) is 0 Å². The minimum atomic E-state index is -0.0442. The van der Waals surface area contributed by atoms with Crippen LogP contribution in [0.4, 0.5) is 0 Å². The Morgan fingerprint density at radius 2 is 1.85 bits per heavy atom. The molecule has 2 saturated heterocycles. The van der Waals surface area contributed by atoms with Crippen LogP contribution in [0.3, 0.4) is 0 Å². The molecule has 1 amide bonds. The van der Waals surface area contributed by atoms with E-state index in [4.69, 9.17) is 0 Å². The molecule has 4 rings (SSSR count). The molecular formula is C27H38IN5O. The normalized spacial score (nSPS) is 20.8. The molecule has 0 aliphatic carbocycles. The standard InChI is InChI=1S/C27H37N5O.HI/c1-28-26(33)23-11-6-10-21(18-23)13-15-30-27(29-2)32-17-14-25-24(20-32)12-7-16-31(25)19-22-8-4-3-5-9-22;/h3-6,8-11,18,24-25H,7,12-17,19-20H2,1-2H3,(H,28,33)(H,29,30);1H. The number of rotatable bonds is 6. The van der Waals surface area contributed by atoms with Crippen molar-refractivity contribution in [3.8, 4) is 0 Å². The lowest BCUT2D eigenvalue weighted by atomic mass is 9.83. The summed E-state index contributed by atoms with van der Waals surface area (Å²) in [7, 11) is 3.54. The van der Waals surface area contributed by atoms with Crippen LogP contribution in [0.15, 0.2) is 59.6 Å². The first-order chi connectivity index (χ1) is 16.2. The maximum atomic E-state index is 11.9. The van der Waals surface area contributed by atoms with Crippen LogP contribution in [0.1, 0.15) is 40.7 Å². The molecule has 7 heteroatoms. The number of hydrogen-bond acceptors (Lipinski definition) is 3. The van der Waals surface area contributed by atoms with E-state index >= 15 is 0 Å². The van der Waals surface area contributed by atoms with Gasteiger partial charge in [0.05, 0.1) is 0 Å². The van der Waals surface area contributed by atoms with Gasteiger partial charge in [0.15, 0.2) is 5.96 Å². The van der Waals surface area contributed by atoms with E-state index in [9.17, 15) is 4.79 Å². The van der Waals surface area contributed by atoms with Crippen LogP contribution in [0.25, 0.3) is 0 Å². The van der Waals surface area contributed by atoms with Crippen LogP contribution in [0.2, 0.25) is 0 Å². The molecule has 2 aromatic rings. The summed E-state index contributed by atoms with van der Waals surface area (Å²) < 4.78 is 0. The lowest BCUT2D eigenvalue weighted by molar-refractivity contribution is 0.0373. The molecule has 0 saturated carbocycles. The molecule has 2 atom stereocenters. The second-order valence-electron chi connectivity index (χ2n) is 9.16. The van der Waals surface area contributed by atoms with Gasteiger partial charge in [0, 0.05) is 51.9 Å². The molecule has 0 spiro atoms. The number of halogens is 1. The summed E-state index contributed by atoms with van der Waals surface area (Å²) in [6.45, 7) is 5.18. The number of nitrogens with one attached hydrogen (secondary N) is 2. The number of amides is 1. The van der Waals surface area contributed by atoms with E-state index in [2.05, 4.69) is 61.8 Å². The average Bonchev–Trinajstić information content (AvgIpc) is 2.87. The third-order valence-corrected chi connectivity index (χ3v) is 7.04. The van der Waals surface area contributed by atoms with Crippen molar-refractivity contribution in [2.24, 2.45) is 10.9 Å². The lowest BCUT2D eigenvalue weighted by Gasteiger charge is -2.48. The first-order valence-corrected chi connectivity index (χ1v) is 12.2. The summed E-state index contributed by atoms with van der Waals surface area (Å²) >= 11 is 0. The molecule has 2 N–H and O–H groups in total. The van der Waals surface area contributed by atoms with Crippen LogP contribution in [0.5, 0.6) is 0 Å². The Bertz CT molecular complexity index is 951. The SMILES string of the molecule is CN=C(NCCc1cccc(C(=O)NC)c1)N1CCC2C(CCCN2Cc2ccccc2)C1.I. The third kappa shape index (κ3) is 6.72. The maximum Gasteiger partial charge on any atom is 0.251 e. The molecule has 0 aromatic heterocycles. The first kappa shape index (κ1) is 26.5. The molecule has 34 heavy (non-hydrogen) atoms. The summed E-state index contributed by atoms with van der Waals surface area (Å²) in [6.07, 6.45) is 4.62. The number of nitrogens with zero attached hydrogens (tertiary/aromatic N) is 3. The minimum absolute atomic E-state index is 0. The van der Waals surface area contributed by atoms with Gasteiger partial charge in [0.25, 0.3) is 5.91 Å². The Morgan fingerprint density at radius 3 is 2.62 bits per heavy atom. The molecule has 2 aliphatic heterocycles. The van der Waals surface area contributed by atoms with Gasteiger partial charge >= 0.3 is 0 Å². The largest absolute Gasteiger partial charge is 0.356 e. The number of hydrogen-bond donors (Lipinski definition) is 2. The summed E-state index contributed by atoms with van der Waals surface area (Å²) in [5.74, 6) is 1.65. The third-order valence-electron chi connectivity index (χ3n) is 7.04. The zero-order chi connectivity index (χ0) is 23.0. The quantitative estimate of drug-likeness (QED) is 0.313. The lowest BCUT2D eigenvalue weighted by Crippen LogP contribution is -2.56. The zero-order valence-electron chi connectivity index (χ0n) is 20.4. The topological polar surface area (TPSA) is 60.0 Å². The van der Waals surface area contributed by atoms with E-state index in [-0.39, 0.29) is 29.9 Å². The highest BCUT2D eigenvalue weighted by Gasteiger charge is 2.36. The molecule has 0 bridgehead atoms. The molecule has 2 fully saturated rings. The van der Waals surface area contributed by atoms with Crippen LogP contribution in [0, 0.1) is 5.92 Å². The van der Waals surface area contributed by atoms with E-state index in [1.165, 1.54) is 31.4 Å². The van der Waals surface area contributed by atoms with Crippen LogP contribution >= 0.6 is 24.0 Å². The smallest absolute Gasteiger partial charge is 0.251 e. The highest BCUT2D eigenvalue weighted by molar-refractivity contribution is 14.0. The van der Waals surface area contributed by atoms with Crippen LogP contribution < -0.4 is 10.6 Å². The molecule has 0 radical (unpaired) electrons. The van der Waals surface area contributed by atoms with E-state index in [1.54, 1.807) is 7.05 Å². The number of likely N-dealkylation sites (tertiary alicyclic amines) is 2. The Hall–Kier alpha value is -2.13. The number of guanidine groups is 1. The fourth-order valence-corrected chi connectivity index (χ4v) is 5.38. The number of carbonyl (C=O) groups is 1. The monoisotopic (exact) mass is 575 g/mol. The fourth-order valence-electron chi connectivity index (χ4n) is 5.38. The molecule has 2 aromatic carbocycles. The molecule has 6 nitrogen and oxygen atoms in total. The van der Waals surface area contributed by atoms with E-state index in [0.29, 0.717) is 17.5 Å². The summed E-state index contributed by atoms with van der Waals surface area (Å²) in [4.78, 5) is 21.6. The molecule has 2 aliphatic rings. The predicted octanol–water partition coefficient (Wildman–Crippen LogP) is 3.77. The van der Waals surface area contributed by atoms with Gasteiger partial charge < -0.3 is 15.5 Å². The van der Waals surface area contributed by atoms with Crippen molar-refractivity contribution >= 4 is 35.8 Å². The van der Waals surface area contributed by atoms with Crippen molar-refractivity contribution in [3.63, 3.8) is 0 Å². The highest BCUT2D eigenvalue weighted by Crippen LogP contribution is 2.31.